The predicted octanol–water partition coefficient (Wildman–Crippen LogP) is 1.63. The smallest absolute Gasteiger partial charge is 0.232 e. The number of nitrogens with one attached hydrogen (secondary N) is 1. The SMILES string of the molecule is CNC(=O)CCCN(c1ccc(Cl)cc1)S(C)(=O)=O. The summed E-state index contributed by atoms with van der Waals surface area (Å²) in [5.41, 5.74) is 0.545. The number of amides is 1. The summed E-state index contributed by atoms with van der Waals surface area (Å²) in [4.78, 5) is 11.1. The zero-order chi connectivity index (χ0) is 14.5. The number of nitrogens with zero attached hydrogens (tertiary/aromatic N) is 1. The van der Waals surface area contributed by atoms with Crippen molar-refractivity contribution in [1.82, 2.24) is 5.32 Å². The van der Waals surface area contributed by atoms with Gasteiger partial charge in [0.15, 0.2) is 0 Å². The largest absolute Gasteiger partial charge is 0.359 e. The van der Waals surface area contributed by atoms with Gasteiger partial charge >= 0.3 is 0 Å². The number of sulfonamides is 1. The quantitative estimate of drug-likeness (QED) is 0.868. The molecule has 1 aromatic rings. The lowest BCUT2D eigenvalue weighted by molar-refractivity contribution is -0.120. The second-order valence-electron chi connectivity index (χ2n) is 4.09. The lowest BCUT2D eigenvalue weighted by Crippen LogP contribution is -2.31. The van der Waals surface area contributed by atoms with Gasteiger partial charge in [0, 0.05) is 25.0 Å². The first-order valence-electron chi connectivity index (χ1n) is 5.78. The van der Waals surface area contributed by atoms with Crippen LogP contribution in [0, 0.1) is 0 Å². The first-order valence-corrected chi connectivity index (χ1v) is 8.01. The minimum atomic E-state index is -3.38. The lowest BCUT2D eigenvalue weighted by Gasteiger charge is -2.22. The molecule has 106 valence electrons. The fourth-order valence-corrected chi connectivity index (χ4v) is 2.69. The molecule has 1 rings (SSSR count). The number of benzene rings is 1. The first kappa shape index (κ1) is 15.8. The van der Waals surface area contributed by atoms with Crippen molar-refractivity contribution >= 4 is 33.2 Å². The van der Waals surface area contributed by atoms with Crippen molar-refractivity contribution in [3.63, 3.8) is 0 Å². The molecular formula is C12H17ClN2O3S. The van der Waals surface area contributed by atoms with Crippen molar-refractivity contribution in [3.05, 3.63) is 29.3 Å². The van der Waals surface area contributed by atoms with Gasteiger partial charge in [-0.15, -0.1) is 0 Å². The van der Waals surface area contributed by atoms with Gasteiger partial charge in [-0.1, -0.05) is 11.6 Å². The number of rotatable bonds is 6. The van der Waals surface area contributed by atoms with E-state index in [1.807, 2.05) is 0 Å². The average molecular weight is 305 g/mol. The third-order valence-electron chi connectivity index (χ3n) is 2.56. The first-order chi connectivity index (χ1) is 8.84. The summed E-state index contributed by atoms with van der Waals surface area (Å²) in [7, 11) is -1.83. The molecule has 1 N–H and O–H groups in total. The highest BCUT2D eigenvalue weighted by Gasteiger charge is 2.17. The molecule has 0 aliphatic heterocycles. The Morgan fingerprint density at radius 1 is 1.32 bits per heavy atom. The molecule has 0 aliphatic rings. The van der Waals surface area contributed by atoms with Crippen molar-refractivity contribution in [3.8, 4) is 0 Å². The van der Waals surface area contributed by atoms with Gasteiger partial charge in [0.1, 0.15) is 0 Å². The minimum Gasteiger partial charge on any atom is -0.359 e. The van der Waals surface area contributed by atoms with Crippen LogP contribution in [0.25, 0.3) is 0 Å². The van der Waals surface area contributed by atoms with Crippen LogP contribution < -0.4 is 9.62 Å². The van der Waals surface area contributed by atoms with Crippen molar-refractivity contribution in [2.45, 2.75) is 12.8 Å². The van der Waals surface area contributed by atoms with Crippen molar-refractivity contribution in [2.24, 2.45) is 0 Å². The topological polar surface area (TPSA) is 66.5 Å². The van der Waals surface area contributed by atoms with Gasteiger partial charge < -0.3 is 5.32 Å². The van der Waals surface area contributed by atoms with Gasteiger partial charge in [-0.05, 0) is 30.7 Å². The maximum atomic E-state index is 11.8. The standard InChI is InChI=1S/C12H17ClN2O3S/c1-14-12(16)4-3-9-15(19(2,17)18)11-7-5-10(13)6-8-11/h5-8H,3-4,9H2,1-2H3,(H,14,16). The van der Waals surface area contributed by atoms with E-state index in [0.717, 1.165) is 6.26 Å². The van der Waals surface area contributed by atoms with E-state index in [-0.39, 0.29) is 18.9 Å². The normalized spacial score (nSPS) is 11.1. The molecule has 0 fully saturated rings. The highest BCUT2D eigenvalue weighted by Crippen LogP contribution is 2.20. The van der Waals surface area contributed by atoms with Crippen molar-refractivity contribution in [1.29, 1.82) is 0 Å². The van der Waals surface area contributed by atoms with E-state index in [1.165, 1.54) is 4.31 Å². The summed E-state index contributed by atoms with van der Waals surface area (Å²) < 4.78 is 24.8. The number of anilines is 1. The highest BCUT2D eigenvalue weighted by molar-refractivity contribution is 7.92. The van der Waals surface area contributed by atoms with Crippen LogP contribution in [0.1, 0.15) is 12.8 Å². The van der Waals surface area contributed by atoms with E-state index in [9.17, 15) is 13.2 Å². The Morgan fingerprint density at radius 3 is 2.37 bits per heavy atom. The van der Waals surface area contributed by atoms with Crippen LogP contribution in [0.4, 0.5) is 5.69 Å². The Bertz CT molecular complexity index is 528. The molecule has 0 spiro atoms. The Balaban J connectivity index is 2.79. The number of hydrogen-bond acceptors (Lipinski definition) is 3. The molecule has 0 bridgehead atoms. The maximum absolute atomic E-state index is 11.8. The van der Waals surface area contributed by atoms with Gasteiger partial charge in [0.05, 0.1) is 11.9 Å². The van der Waals surface area contributed by atoms with E-state index in [0.29, 0.717) is 17.1 Å². The van der Waals surface area contributed by atoms with Gasteiger partial charge in [0.2, 0.25) is 15.9 Å². The summed E-state index contributed by atoms with van der Waals surface area (Å²) in [5.74, 6) is -0.107. The third-order valence-corrected chi connectivity index (χ3v) is 4.00. The van der Waals surface area contributed by atoms with Gasteiger partial charge in [-0.3, -0.25) is 9.10 Å². The molecule has 0 saturated heterocycles. The average Bonchev–Trinajstić information content (AvgIpc) is 2.34. The molecule has 7 heteroatoms. The Hall–Kier alpha value is -1.27. The van der Waals surface area contributed by atoms with E-state index in [4.69, 9.17) is 11.6 Å². The summed E-state index contributed by atoms with van der Waals surface area (Å²) in [6.07, 6.45) is 1.88. The molecule has 0 atom stereocenters. The third kappa shape index (κ3) is 5.08. The molecule has 0 aliphatic carbocycles. The number of halogens is 1. The highest BCUT2D eigenvalue weighted by atomic mass is 35.5. The number of hydrogen-bond donors (Lipinski definition) is 1. The Kier molecular flexibility index (Phi) is 5.62. The molecule has 0 radical (unpaired) electrons. The van der Waals surface area contributed by atoms with Crippen molar-refractivity contribution < 1.29 is 13.2 Å². The molecule has 5 nitrogen and oxygen atoms in total. The van der Waals surface area contributed by atoms with E-state index < -0.39 is 10.0 Å². The molecule has 0 aromatic heterocycles. The molecule has 0 unspecified atom stereocenters. The Morgan fingerprint density at radius 2 is 1.89 bits per heavy atom. The summed E-state index contributed by atoms with van der Waals surface area (Å²) in [5, 5.41) is 3.04. The zero-order valence-electron chi connectivity index (χ0n) is 10.9. The Labute approximate surface area is 118 Å². The van der Waals surface area contributed by atoms with Crippen molar-refractivity contribution in [2.75, 3.05) is 24.2 Å². The maximum Gasteiger partial charge on any atom is 0.232 e. The van der Waals surface area contributed by atoms with E-state index in [2.05, 4.69) is 5.32 Å². The molecule has 1 aromatic carbocycles. The molecule has 1 amide bonds. The molecular weight excluding hydrogens is 288 g/mol. The summed E-state index contributed by atoms with van der Waals surface area (Å²) in [6, 6.07) is 6.55. The summed E-state index contributed by atoms with van der Waals surface area (Å²) >= 11 is 5.77. The van der Waals surface area contributed by atoms with Crippen LogP contribution in [-0.4, -0.2) is 34.2 Å². The predicted molar refractivity (Wildman–Crippen MR) is 76.9 cm³/mol. The molecule has 0 saturated carbocycles. The van der Waals surface area contributed by atoms with Crippen LogP contribution in [0.5, 0.6) is 0 Å². The lowest BCUT2D eigenvalue weighted by atomic mass is 10.2. The second-order valence-corrected chi connectivity index (χ2v) is 6.43. The number of carbonyl (C=O) groups excluding carboxylic acids is 1. The van der Waals surface area contributed by atoms with Crippen LogP contribution in [0.2, 0.25) is 5.02 Å². The van der Waals surface area contributed by atoms with Gasteiger partial charge in [-0.25, -0.2) is 8.42 Å². The zero-order valence-corrected chi connectivity index (χ0v) is 12.5. The fourth-order valence-electron chi connectivity index (χ4n) is 1.60. The fraction of sp³-hybridized carbons (Fsp3) is 0.417. The van der Waals surface area contributed by atoms with Crippen LogP contribution in [-0.2, 0) is 14.8 Å². The molecule has 19 heavy (non-hydrogen) atoms. The second kappa shape index (κ2) is 6.77. The summed E-state index contributed by atoms with van der Waals surface area (Å²) in [6.45, 7) is 0.258. The minimum absolute atomic E-state index is 0.107. The van der Waals surface area contributed by atoms with Crippen LogP contribution >= 0.6 is 11.6 Å². The van der Waals surface area contributed by atoms with Crippen LogP contribution in [0.3, 0.4) is 0 Å². The monoisotopic (exact) mass is 304 g/mol. The van der Waals surface area contributed by atoms with Gasteiger partial charge in [-0.2, -0.15) is 0 Å². The van der Waals surface area contributed by atoms with E-state index >= 15 is 0 Å². The van der Waals surface area contributed by atoms with E-state index in [1.54, 1.807) is 31.3 Å². The molecule has 0 heterocycles. The van der Waals surface area contributed by atoms with Gasteiger partial charge in [0.25, 0.3) is 0 Å². The van der Waals surface area contributed by atoms with Crippen LogP contribution in [0.15, 0.2) is 24.3 Å². The number of carbonyl (C=O) groups is 1.